The highest BCUT2D eigenvalue weighted by Gasteiger charge is 2.26. The van der Waals surface area contributed by atoms with Gasteiger partial charge in [-0.25, -0.2) is 12.7 Å². The van der Waals surface area contributed by atoms with Crippen LogP contribution in [0.5, 0.6) is 0 Å². The molecule has 11 heavy (non-hydrogen) atoms. The molecule has 0 aromatic heterocycles. The van der Waals surface area contributed by atoms with E-state index in [0.717, 1.165) is 32.4 Å². The first-order chi connectivity index (χ1) is 5.17. The Morgan fingerprint density at radius 3 is 2.36 bits per heavy atom. The molecule has 66 valence electrons. The molecular formula is C7H15NO2S. The third kappa shape index (κ3) is 2.17. The Morgan fingerprint density at radius 1 is 1.36 bits per heavy atom. The molecule has 1 aliphatic heterocycles. The standard InChI is InChI=1S/C7H15NO2S/c1-2-3-7-11(9,10)8-5-4-6-8/h2-7H2,1H3. The highest BCUT2D eigenvalue weighted by Crippen LogP contribution is 2.13. The SMILES string of the molecule is CCCCS(=O)(=O)N1CCC1. The quantitative estimate of drug-likeness (QED) is 0.637. The Hall–Kier alpha value is -0.0900. The summed E-state index contributed by atoms with van der Waals surface area (Å²) in [6.45, 7) is 3.49. The van der Waals surface area contributed by atoms with Gasteiger partial charge in [-0.3, -0.25) is 0 Å². The molecule has 0 bridgehead atoms. The van der Waals surface area contributed by atoms with E-state index in [1.807, 2.05) is 6.92 Å². The average molecular weight is 177 g/mol. The lowest BCUT2D eigenvalue weighted by Gasteiger charge is -2.29. The van der Waals surface area contributed by atoms with Gasteiger partial charge in [0.2, 0.25) is 10.0 Å². The van der Waals surface area contributed by atoms with E-state index in [1.54, 1.807) is 4.31 Å². The number of hydrogen-bond acceptors (Lipinski definition) is 2. The van der Waals surface area contributed by atoms with Gasteiger partial charge in [0, 0.05) is 13.1 Å². The molecule has 0 aliphatic carbocycles. The second-order valence-corrected chi connectivity index (χ2v) is 5.01. The Morgan fingerprint density at radius 2 is 2.00 bits per heavy atom. The van der Waals surface area contributed by atoms with Crippen LogP contribution in [-0.2, 0) is 10.0 Å². The smallest absolute Gasteiger partial charge is 0.212 e. The van der Waals surface area contributed by atoms with E-state index in [2.05, 4.69) is 0 Å². The van der Waals surface area contributed by atoms with E-state index in [0.29, 0.717) is 5.75 Å². The van der Waals surface area contributed by atoms with Crippen LogP contribution in [-0.4, -0.2) is 31.6 Å². The third-order valence-corrected chi connectivity index (χ3v) is 3.92. The molecule has 0 radical (unpaired) electrons. The minimum atomic E-state index is -2.85. The van der Waals surface area contributed by atoms with Crippen molar-refractivity contribution in [3.05, 3.63) is 0 Å². The van der Waals surface area contributed by atoms with Crippen LogP contribution in [0.15, 0.2) is 0 Å². The van der Waals surface area contributed by atoms with E-state index < -0.39 is 10.0 Å². The molecule has 1 aliphatic rings. The van der Waals surface area contributed by atoms with Gasteiger partial charge in [-0.1, -0.05) is 13.3 Å². The molecule has 0 aromatic carbocycles. The molecule has 4 heteroatoms. The molecule has 3 nitrogen and oxygen atoms in total. The molecular weight excluding hydrogens is 162 g/mol. The number of sulfonamides is 1. The van der Waals surface area contributed by atoms with Crippen LogP contribution in [0, 0.1) is 0 Å². The molecule has 0 aromatic rings. The molecule has 1 saturated heterocycles. The van der Waals surface area contributed by atoms with E-state index in [-0.39, 0.29) is 0 Å². The summed E-state index contributed by atoms with van der Waals surface area (Å²) in [4.78, 5) is 0. The molecule has 0 N–H and O–H groups in total. The Labute approximate surface area is 68.4 Å². The van der Waals surface area contributed by atoms with Crippen LogP contribution in [0.1, 0.15) is 26.2 Å². The van der Waals surface area contributed by atoms with Crippen LogP contribution in [0.25, 0.3) is 0 Å². The maximum atomic E-state index is 11.3. The van der Waals surface area contributed by atoms with Gasteiger partial charge in [-0.2, -0.15) is 0 Å². The Balaban J connectivity index is 2.39. The van der Waals surface area contributed by atoms with E-state index in [4.69, 9.17) is 0 Å². The van der Waals surface area contributed by atoms with Crippen molar-refractivity contribution in [3.8, 4) is 0 Å². The third-order valence-electron chi connectivity index (χ3n) is 1.96. The summed E-state index contributed by atoms with van der Waals surface area (Å²) in [7, 11) is -2.85. The van der Waals surface area contributed by atoms with Crippen molar-refractivity contribution in [2.24, 2.45) is 0 Å². The predicted octanol–water partition coefficient (Wildman–Crippen LogP) is 0.822. The van der Waals surface area contributed by atoms with Gasteiger partial charge in [0.05, 0.1) is 5.75 Å². The molecule has 1 heterocycles. The summed E-state index contributed by atoms with van der Waals surface area (Å²) < 4.78 is 24.2. The summed E-state index contributed by atoms with van der Waals surface area (Å²) in [6.07, 6.45) is 2.78. The predicted molar refractivity (Wildman–Crippen MR) is 44.9 cm³/mol. The van der Waals surface area contributed by atoms with Gasteiger partial charge in [0.15, 0.2) is 0 Å². The second-order valence-electron chi connectivity index (χ2n) is 2.92. The van der Waals surface area contributed by atoms with Crippen molar-refractivity contribution in [2.75, 3.05) is 18.8 Å². The molecule has 1 rings (SSSR count). The van der Waals surface area contributed by atoms with Gasteiger partial charge in [-0.05, 0) is 12.8 Å². The highest BCUT2D eigenvalue weighted by atomic mass is 32.2. The number of unbranched alkanes of at least 4 members (excludes halogenated alkanes) is 1. The fourth-order valence-electron chi connectivity index (χ4n) is 1.02. The van der Waals surface area contributed by atoms with Crippen molar-refractivity contribution < 1.29 is 8.42 Å². The Kier molecular flexibility index (Phi) is 2.90. The van der Waals surface area contributed by atoms with Crippen LogP contribution in [0.3, 0.4) is 0 Å². The fraction of sp³-hybridized carbons (Fsp3) is 1.00. The van der Waals surface area contributed by atoms with Crippen molar-refractivity contribution in [1.29, 1.82) is 0 Å². The van der Waals surface area contributed by atoms with Gasteiger partial charge in [0.25, 0.3) is 0 Å². The van der Waals surface area contributed by atoms with Crippen LogP contribution >= 0.6 is 0 Å². The molecule has 0 amide bonds. The van der Waals surface area contributed by atoms with Gasteiger partial charge < -0.3 is 0 Å². The topological polar surface area (TPSA) is 37.4 Å². The zero-order chi connectivity index (χ0) is 8.32. The normalized spacial score (nSPS) is 19.7. The molecule has 1 fully saturated rings. The van der Waals surface area contributed by atoms with Gasteiger partial charge in [0.1, 0.15) is 0 Å². The second kappa shape index (κ2) is 3.54. The van der Waals surface area contributed by atoms with Crippen molar-refractivity contribution in [2.45, 2.75) is 26.2 Å². The average Bonchev–Trinajstić information content (AvgIpc) is 1.78. The fourth-order valence-corrected chi connectivity index (χ4v) is 2.75. The summed E-state index contributed by atoms with van der Waals surface area (Å²) >= 11 is 0. The largest absolute Gasteiger partial charge is 0.214 e. The maximum absolute atomic E-state index is 11.3. The van der Waals surface area contributed by atoms with E-state index >= 15 is 0 Å². The van der Waals surface area contributed by atoms with Crippen LogP contribution in [0.4, 0.5) is 0 Å². The van der Waals surface area contributed by atoms with E-state index in [9.17, 15) is 8.42 Å². The molecule has 0 saturated carbocycles. The first-order valence-corrected chi connectivity index (χ1v) is 5.75. The minimum absolute atomic E-state index is 0.337. The lowest BCUT2D eigenvalue weighted by atomic mass is 10.3. The summed E-state index contributed by atoms with van der Waals surface area (Å²) in [5, 5.41) is 0. The first kappa shape index (κ1) is 9.00. The molecule has 0 unspecified atom stereocenters. The van der Waals surface area contributed by atoms with Crippen molar-refractivity contribution >= 4 is 10.0 Å². The Bertz CT molecular complexity index is 206. The highest BCUT2D eigenvalue weighted by molar-refractivity contribution is 7.89. The first-order valence-electron chi connectivity index (χ1n) is 4.14. The minimum Gasteiger partial charge on any atom is -0.212 e. The summed E-state index contributed by atoms with van der Waals surface area (Å²) in [6, 6.07) is 0. The zero-order valence-corrected chi connectivity index (χ0v) is 7.73. The summed E-state index contributed by atoms with van der Waals surface area (Å²) in [5.41, 5.74) is 0. The van der Waals surface area contributed by atoms with Crippen LogP contribution in [0.2, 0.25) is 0 Å². The van der Waals surface area contributed by atoms with Crippen molar-refractivity contribution in [3.63, 3.8) is 0 Å². The van der Waals surface area contributed by atoms with Gasteiger partial charge in [-0.15, -0.1) is 0 Å². The molecule has 0 atom stereocenters. The number of hydrogen-bond donors (Lipinski definition) is 0. The van der Waals surface area contributed by atoms with E-state index in [1.165, 1.54) is 0 Å². The lowest BCUT2D eigenvalue weighted by Crippen LogP contribution is -2.43. The number of nitrogens with zero attached hydrogens (tertiary/aromatic N) is 1. The molecule has 0 spiro atoms. The van der Waals surface area contributed by atoms with Gasteiger partial charge >= 0.3 is 0 Å². The summed E-state index contributed by atoms with van der Waals surface area (Å²) in [5.74, 6) is 0.337. The maximum Gasteiger partial charge on any atom is 0.214 e. The monoisotopic (exact) mass is 177 g/mol. The van der Waals surface area contributed by atoms with Crippen LogP contribution < -0.4 is 0 Å². The van der Waals surface area contributed by atoms with Crippen molar-refractivity contribution in [1.82, 2.24) is 4.31 Å². The zero-order valence-electron chi connectivity index (χ0n) is 6.91. The number of rotatable bonds is 4. The lowest BCUT2D eigenvalue weighted by molar-refractivity contribution is 0.309.